The van der Waals surface area contributed by atoms with Crippen LogP contribution in [0.5, 0.6) is 5.75 Å². The maximum absolute atomic E-state index is 11.8. The number of carbonyl (C=O) groups is 1. The first-order valence-corrected chi connectivity index (χ1v) is 8.73. The van der Waals surface area contributed by atoms with Crippen molar-refractivity contribution in [3.63, 3.8) is 0 Å². The number of hydrogen-bond donors (Lipinski definition) is 1. The number of ether oxygens (including phenoxy) is 3. The minimum atomic E-state index is -0.835. The molecule has 0 aromatic heterocycles. The molecular weight excluding hydrogens is 316 g/mol. The molecule has 1 N–H and O–H groups in total. The van der Waals surface area contributed by atoms with Gasteiger partial charge in [-0.05, 0) is 36.8 Å². The highest BCUT2D eigenvalue weighted by molar-refractivity contribution is 8.00. The summed E-state index contributed by atoms with van der Waals surface area (Å²) >= 11 is 1.89. The van der Waals surface area contributed by atoms with E-state index in [1.54, 1.807) is 13.1 Å². The van der Waals surface area contributed by atoms with E-state index in [4.69, 9.17) is 14.2 Å². The Morgan fingerprint density at radius 3 is 2.70 bits per heavy atom. The monoisotopic (exact) mass is 336 g/mol. The first-order valence-electron chi connectivity index (χ1n) is 7.57. The van der Waals surface area contributed by atoms with Gasteiger partial charge in [-0.1, -0.05) is 0 Å². The lowest BCUT2D eigenvalue weighted by Gasteiger charge is -2.25. The van der Waals surface area contributed by atoms with Crippen LogP contribution in [0.4, 0.5) is 0 Å². The fourth-order valence-electron chi connectivity index (χ4n) is 2.28. The molecule has 0 spiro atoms. The molecule has 0 saturated carbocycles. The quantitative estimate of drug-likeness (QED) is 0.633. The molecule has 2 aliphatic heterocycles. The fraction of sp³-hybridized carbons (Fsp3) is 0.500. The molecule has 0 radical (unpaired) electrons. The number of thioether (sulfide) groups is 1. The second kappa shape index (κ2) is 7.33. The Hall–Kier alpha value is -1.57. The topological polar surface area (TPSA) is 69.2 Å². The molecule has 124 valence electrons. The molecule has 6 nitrogen and oxygen atoms in total. The summed E-state index contributed by atoms with van der Waals surface area (Å²) in [7, 11) is 0. The number of rotatable bonds is 6. The summed E-state index contributed by atoms with van der Waals surface area (Å²) in [4.78, 5) is 11.8. The first-order chi connectivity index (χ1) is 11.1. The Balaban J connectivity index is 1.44. The van der Waals surface area contributed by atoms with Gasteiger partial charge in [0, 0.05) is 11.5 Å². The highest BCUT2D eigenvalue weighted by Gasteiger charge is 2.33. The number of hydrogen-bond acceptors (Lipinski definition) is 6. The SMILES string of the molecule is CC1(CC(=O)N/N=C\c2ccc(OC3CSC3)cc2)OCCO1. The summed E-state index contributed by atoms with van der Waals surface area (Å²) in [6.45, 7) is 2.78. The molecule has 1 amide bonds. The molecule has 0 atom stereocenters. The zero-order valence-corrected chi connectivity index (χ0v) is 13.8. The van der Waals surface area contributed by atoms with Crippen LogP contribution in [0.25, 0.3) is 0 Å². The van der Waals surface area contributed by atoms with E-state index < -0.39 is 5.79 Å². The van der Waals surface area contributed by atoms with Crippen molar-refractivity contribution in [2.45, 2.75) is 25.2 Å². The van der Waals surface area contributed by atoms with Gasteiger partial charge in [-0.3, -0.25) is 4.79 Å². The molecule has 2 saturated heterocycles. The predicted octanol–water partition coefficient (Wildman–Crippen LogP) is 1.78. The lowest BCUT2D eigenvalue weighted by molar-refractivity contribution is -0.159. The van der Waals surface area contributed by atoms with Crippen LogP contribution in [0.1, 0.15) is 18.9 Å². The van der Waals surface area contributed by atoms with Crippen molar-refractivity contribution in [2.24, 2.45) is 5.10 Å². The van der Waals surface area contributed by atoms with Crippen LogP contribution in [-0.4, -0.2) is 48.7 Å². The van der Waals surface area contributed by atoms with Crippen LogP contribution in [0, 0.1) is 0 Å². The van der Waals surface area contributed by atoms with Crippen LogP contribution in [0.3, 0.4) is 0 Å². The molecule has 1 aromatic carbocycles. The molecule has 2 aliphatic rings. The van der Waals surface area contributed by atoms with E-state index >= 15 is 0 Å². The lowest BCUT2D eigenvalue weighted by atomic mass is 10.2. The Morgan fingerprint density at radius 1 is 1.39 bits per heavy atom. The van der Waals surface area contributed by atoms with Crippen molar-refractivity contribution < 1.29 is 19.0 Å². The van der Waals surface area contributed by atoms with Gasteiger partial charge < -0.3 is 14.2 Å². The van der Waals surface area contributed by atoms with E-state index in [0.717, 1.165) is 22.8 Å². The summed E-state index contributed by atoms with van der Waals surface area (Å²) < 4.78 is 16.5. The maximum Gasteiger partial charge on any atom is 0.245 e. The molecule has 7 heteroatoms. The van der Waals surface area contributed by atoms with E-state index in [9.17, 15) is 4.79 Å². The molecule has 0 aliphatic carbocycles. The van der Waals surface area contributed by atoms with E-state index in [0.29, 0.717) is 19.3 Å². The van der Waals surface area contributed by atoms with Gasteiger partial charge in [0.15, 0.2) is 5.79 Å². The number of carbonyl (C=O) groups excluding carboxylic acids is 1. The molecule has 0 bridgehead atoms. The van der Waals surface area contributed by atoms with Crippen molar-refractivity contribution in [3.05, 3.63) is 29.8 Å². The van der Waals surface area contributed by atoms with Crippen molar-refractivity contribution in [2.75, 3.05) is 24.7 Å². The Bertz CT molecular complexity index is 566. The third-order valence-corrected chi connectivity index (χ3v) is 4.79. The molecule has 0 unspecified atom stereocenters. The largest absolute Gasteiger partial charge is 0.489 e. The van der Waals surface area contributed by atoms with Crippen LogP contribution in [0.2, 0.25) is 0 Å². The van der Waals surface area contributed by atoms with Crippen LogP contribution in [0.15, 0.2) is 29.4 Å². The lowest BCUT2D eigenvalue weighted by Crippen LogP contribution is -2.33. The van der Waals surface area contributed by atoms with Crippen LogP contribution < -0.4 is 10.2 Å². The zero-order valence-electron chi connectivity index (χ0n) is 13.0. The van der Waals surface area contributed by atoms with Gasteiger partial charge in [0.05, 0.1) is 25.8 Å². The number of nitrogens with zero attached hydrogens (tertiary/aromatic N) is 1. The number of amides is 1. The van der Waals surface area contributed by atoms with Crippen molar-refractivity contribution >= 4 is 23.9 Å². The molecule has 2 fully saturated rings. The predicted molar refractivity (Wildman–Crippen MR) is 88.8 cm³/mol. The normalized spacial score (nSPS) is 20.4. The average molecular weight is 336 g/mol. The Kier molecular flexibility index (Phi) is 5.20. The molecular formula is C16H20N2O4S. The average Bonchev–Trinajstić information content (AvgIpc) is 2.90. The molecule has 1 aromatic rings. The number of nitrogens with one attached hydrogen (secondary N) is 1. The van der Waals surface area contributed by atoms with Gasteiger partial charge in [0.1, 0.15) is 11.9 Å². The zero-order chi connectivity index (χ0) is 16.1. The number of hydrazone groups is 1. The van der Waals surface area contributed by atoms with Gasteiger partial charge in [0.25, 0.3) is 0 Å². The molecule has 2 heterocycles. The fourth-order valence-corrected chi connectivity index (χ4v) is 2.84. The number of benzene rings is 1. The Labute approximate surface area is 139 Å². The molecule has 3 rings (SSSR count). The third-order valence-electron chi connectivity index (χ3n) is 3.57. The van der Waals surface area contributed by atoms with E-state index in [1.807, 2.05) is 36.0 Å². The first kappa shape index (κ1) is 16.3. The van der Waals surface area contributed by atoms with Gasteiger partial charge in [-0.15, -0.1) is 0 Å². The van der Waals surface area contributed by atoms with Gasteiger partial charge in [0.2, 0.25) is 5.91 Å². The maximum atomic E-state index is 11.8. The van der Waals surface area contributed by atoms with Crippen molar-refractivity contribution in [1.29, 1.82) is 0 Å². The summed E-state index contributed by atoms with van der Waals surface area (Å²) in [5.41, 5.74) is 3.37. The van der Waals surface area contributed by atoms with E-state index in [1.165, 1.54) is 0 Å². The van der Waals surface area contributed by atoms with Crippen molar-refractivity contribution in [3.8, 4) is 5.75 Å². The summed E-state index contributed by atoms with van der Waals surface area (Å²) in [5, 5.41) is 3.95. The van der Waals surface area contributed by atoms with Crippen LogP contribution >= 0.6 is 11.8 Å². The van der Waals surface area contributed by atoms with Gasteiger partial charge >= 0.3 is 0 Å². The highest BCUT2D eigenvalue weighted by Crippen LogP contribution is 2.24. The summed E-state index contributed by atoms with van der Waals surface area (Å²) in [5.74, 6) is 1.90. The van der Waals surface area contributed by atoms with E-state index in [-0.39, 0.29) is 12.3 Å². The minimum Gasteiger partial charge on any atom is -0.489 e. The van der Waals surface area contributed by atoms with Gasteiger partial charge in [-0.25, -0.2) is 5.43 Å². The van der Waals surface area contributed by atoms with Gasteiger partial charge in [-0.2, -0.15) is 16.9 Å². The second-order valence-electron chi connectivity index (χ2n) is 5.65. The Morgan fingerprint density at radius 2 is 2.09 bits per heavy atom. The summed E-state index contributed by atoms with van der Waals surface area (Å²) in [6.07, 6.45) is 2.05. The molecule has 23 heavy (non-hydrogen) atoms. The van der Waals surface area contributed by atoms with Crippen LogP contribution in [-0.2, 0) is 14.3 Å². The van der Waals surface area contributed by atoms with E-state index in [2.05, 4.69) is 10.5 Å². The highest BCUT2D eigenvalue weighted by atomic mass is 32.2. The minimum absolute atomic E-state index is 0.122. The third kappa shape index (κ3) is 4.70. The summed E-state index contributed by atoms with van der Waals surface area (Å²) in [6, 6.07) is 7.63. The smallest absolute Gasteiger partial charge is 0.245 e. The standard InChI is InChI=1S/C16H20N2O4S/c1-16(20-6-7-21-16)8-15(19)18-17-9-12-2-4-13(5-3-12)22-14-10-23-11-14/h2-5,9,14H,6-8,10-11H2,1H3,(H,18,19)/b17-9-. The second-order valence-corrected chi connectivity index (χ2v) is 6.72. The van der Waals surface area contributed by atoms with Crippen molar-refractivity contribution in [1.82, 2.24) is 5.43 Å².